The summed E-state index contributed by atoms with van der Waals surface area (Å²) in [7, 11) is 3.01. The van der Waals surface area contributed by atoms with Gasteiger partial charge in [0.2, 0.25) is 5.78 Å². The first-order valence-corrected chi connectivity index (χ1v) is 10.5. The van der Waals surface area contributed by atoms with Gasteiger partial charge in [-0.15, -0.1) is 0 Å². The van der Waals surface area contributed by atoms with Crippen molar-refractivity contribution < 1.29 is 33.0 Å². The Bertz CT molecular complexity index is 1410. The molecular weight excluding hydrogens is 438 g/mol. The van der Waals surface area contributed by atoms with Crippen LogP contribution < -0.4 is 9.47 Å². The molecule has 1 N–H and O–H groups in total. The van der Waals surface area contributed by atoms with Crippen LogP contribution in [-0.2, 0) is 11.3 Å². The molecule has 1 atom stereocenters. The standard InChI is InChI=1S/C26H21NO7/c1-31-18-10-4-3-9-17(18)22-21(24(29)26(30)27(22)14-16-8-6-12-33-16)23(28)20-13-15-7-5-11-19(32-2)25(15)34-20/h3-13,22,29H,14H2,1-2H3. The molecule has 0 saturated carbocycles. The van der Waals surface area contributed by atoms with Crippen LogP contribution in [0.15, 0.2) is 87.1 Å². The minimum Gasteiger partial charge on any atom is -0.503 e. The number of hydrogen-bond acceptors (Lipinski definition) is 7. The number of amides is 1. The van der Waals surface area contributed by atoms with Crippen molar-refractivity contribution in [3.63, 3.8) is 0 Å². The van der Waals surface area contributed by atoms with Crippen LogP contribution in [0.5, 0.6) is 11.5 Å². The Morgan fingerprint density at radius 2 is 1.79 bits per heavy atom. The highest BCUT2D eigenvalue weighted by atomic mass is 16.5. The molecule has 0 fully saturated rings. The number of benzene rings is 2. The number of fused-ring (bicyclic) bond motifs is 1. The van der Waals surface area contributed by atoms with Gasteiger partial charge in [0, 0.05) is 10.9 Å². The topological polar surface area (TPSA) is 102 Å². The highest BCUT2D eigenvalue weighted by Crippen LogP contribution is 2.43. The van der Waals surface area contributed by atoms with E-state index in [0.717, 1.165) is 0 Å². The van der Waals surface area contributed by atoms with Gasteiger partial charge in [0.15, 0.2) is 22.9 Å². The Kier molecular flexibility index (Phi) is 5.33. The van der Waals surface area contributed by atoms with E-state index in [1.54, 1.807) is 60.7 Å². The van der Waals surface area contributed by atoms with Gasteiger partial charge in [-0.25, -0.2) is 0 Å². The average molecular weight is 459 g/mol. The Hall–Kier alpha value is -4.46. The third-order valence-corrected chi connectivity index (χ3v) is 5.84. The second-order valence-corrected chi connectivity index (χ2v) is 7.74. The minimum atomic E-state index is -0.920. The van der Waals surface area contributed by atoms with Gasteiger partial charge in [-0.2, -0.15) is 0 Å². The molecule has 1 aliphatic rings. The van der Waals surface area contributed by atoms with Gasteiger partial charge in [-0.3, -0.25) is 9.59 Å². The lowest BCUT2D eigenvalue weighted by Gasteiger charge is -2.27. The van der Waals surface area contributed by atoms with Crippen molar-refractivity contribution in [2.75, 3.05) is 14.2 Å². The number of ether oxygens (including phenoxy) is 2. The number of Topliss-reactive ketones (excluding diaryl/α,β-unsaturated/α-hetero) is 1. The number of aliphatic hydroxyl groups excluding tert-OH is 1. The fraction of sp³-hybridized carbons (Fsp3) is 0.154. The lowest BCUT2D eigenvalue weighted by molar-refractivity contribution is -0.130. The molecule has 1 amide bonds. The fourth-order valence-electron chi connectivity index (χ4n) is 4.28. The zero-order valence-corrected chi connectivity index (χ0v) is 18.5. The molecule has 2 aromatic carbocycles. The van der Waals surface area contributed by atoms with E-state index in [2.05, 4.69) is 0 Å². The fourth-order valence-corrected chi connectivity index (χ4v) is 4.28. The van der Waals surface area contributed by atoms with Gasteiger partial charge in [-0.1, -0.05) is 30.3 Å². The molecule has 172 valence electrons. The molecule has 5 rings (SSSR count). The monoisotopic (exact) mass is 459 g/mol. The highest BCUT2D eigenvalue weighted by molar-refractivity contribution is 6.16. The average Bonchev–Trinajstić information content (AvgIpc) is 3.59. The molecule has 2 aromatic heterocycles. The third kappa shape index (κ3) is 3.40. The summed E-state index contributed by atoms with van der Waals surface area (Å²) in [5, 5.41) is 11.5. The van der Waals surface area contributed by atoms with Gasteiger partial charge >= 0.3 is 0 Å². The number of furan rings is 2. The second-order valence-electron chi connectivity index (χ2n) is 7.74. The van der Waals surface area contributed by atoms with Crippen molar-refractivity contribution in [2.45, 2.75) is 12.6 Å². The quantitative estimate of drug-likeness (QED) is 0.395. The predicted molar refractivity (Wildman–Crippen MR) is 122 cm³/mol. The van der Waals surface area contributed by atoms with Crippen LogP contribution in [0.25, 0.3) is 11.0 Å². The first-order valence-electron chi connectivity index (χ1n) is 10.5. The van der Waals surface area contributed by atoms with Crippen LogP contribution in [0.3, 0.4) is 0 Å². The maximum Gasteiger partial charge on any atom is 0.290 e. The number of carbonyl (C=O) groups excluding carboxylic acids is 2. The number of nitrogens with zero attached hydrogens (tertiary/aromatic N) is 1. The van der Waals surface area contributed by atoms with Crippen molar-refractivity contribution in [1.82, 2.24) is 4.90 Å². The molecule has 0 radical (unpaired) electrons. The Morgan fingerprint density at radius 1 is 1.03 bits per heavy atom. The van der Waals surface area contributed by atoms with E-state index in [0.29, 0.717) is 33.8 Å². The number of aliphatic hydroxyl groups is 1. The van der Waals surface area contributed by atoms with Gasteiger partial charge in [0.1, 0.15) is 11.5 Å². The first-order chi connectivity index (χ1) is 16.5. The van der Waals surface area contributed by atoms with E-state index in [1.807, 2.05) is 0 Å². The van der Waals surface area contributed by atoms with Crippen molar-refractivity contribution >= 4 is 22.7 Å². The van der Waals surface area contributed by atoms with Crippen LogP contribution in [0.1, 0.15) is 27.9 Å². The summed E-state index contributed by atoms with van der Waals surface area (Å²) in [5.74, 6) is -0.517. The van der Waals surface area contributed by atoms with E-state index in [1.165, 1.54) is 25.4 Å². The lowest BCUT2D eigenvalue weighted by Crippen LogP contribution is -2.30. The Labute approximate surface area is 194 Å². The summed E-state index contributed by atoms with van der Waals surface area (Å²) in [6.07, 6.45) is 1.50. The van der Waals surface area contributed by atoms with Gasteiger partial charge in [0.25, 0.3) is 5.91 Å². The van der Waals surface area contributed by atoms with Crippen LogP contribution >= 0.6 is 0 Å². The molecule has 34 heavy (non-hydrogen) atoms. The molecule has 4 aromatic rings. The van der Waals surface area contributed by atoms with Crippen LogP contribution in [0, 0.1) is 0 Å². The largest absolute Gasteiger partial charge is 0.503 e. The Morgan fingerprint density at radius 3 is 2.53 bits per heavy atom. The van der Waals surface area contributed by atoms with Crippen molar-refractivity contribution in [2.24, 2.45) is 0 Å². The maximum absolute atomic E-state index is 13.7. The number of methoxy groups -OCH3 is 2. The number of carbonyl (C=O) groups is 2. The number of ketones is 1. The van der Waals surface area contributed by atoms with E-state index >= 15 is 0 Å². The number of para-hydroxylation sites is 2. The highest BCUT2D eigenvalue weighted by Gasteiger charge is 2.45. The van der Waals surface area contributed by atoms with Crippen LogP contribution in [0.2, 0.25) is 0 Å². The van der Waals surface area contributed by atoms with E-state index in [4.69, 9.17) is 18.3 Å². The number of hydrogen-bond donors (Lipinski definition) is 1. The minimum absolute atomic E-state index is 0.0198. The molecule has 0 saturated heterocycles. The maximum atomic E-state index is 13.7. The van der Waals surface area contributed by atoms with Crippen LogP contribution in [-0.4, -0.2) is 35.9 Å². The Balaban J connectivity index is 1.64. The summed E-state index contributed by atoms with van der Waals surface area (Å²) >= 11 is 0. The van der Waals surface area contributed by atoms with Gasteiger partial charge in [0.05, 0.1) is 38.6 Å². The summed E-state index contributed by atoms with van der Waals surface area (Å²) < 4.78 is 22.1. The van der Waals surface area contributed by atoms with Crippen LogP contribution in [0.4, 0.5) is 0 Å². The molecular formula is C26H21NO7. The summed E-state index contributed by atoms with van der Waals surface area (Å²) in [6.45, 7) is 0.0450. The first kappa shape index (κ1) is 21.4. The SMILES string of the molecule is COc1ccccc1C1C(C(=O)c2cc3cccc(OC)c3o2)=C(O)C(=O)N1Cc1ccco1. The van der Waals surface area contributed by atoms with Crippen molar-refractivity contribution in [1.29, 1.82) is 0 Å². The molecule has 1 unspecified atom stereocenters. The molecule has 3 heterocycles. The predicted octanol–water partition coefficient (Wildman–Crippen LogP) is 4.82. The van der Waals surface area contributed by atoms with Gasteiger partial charge in [-0.05, 0) is 30.3 Å². The molecule has 0 spiro atoms. The van der Waals surface area contributed by atoms with E-state index in [9.17, 15) is 14.7 Å². The van der Waals surface area contributed by atoms with E-state index in [-0.39, 0.29) is 17.9 Å². The zero-order valence-electron chi connectivity index (χ0n) is 18.5. The summed E-state index contributed by atoms with van der Waals surface area (Å²) in [6, 6.07) is 16.4. The summed E-state index contributed by atoms with van der Waals surface area (Å²) in [4.78, 5) is 28.3. The van der Waals surface area contributed by atoms with E-state index < -0.39 is 23.5 Å². The number of rotatable bonds is 7. The van der Waals surface area contributed by atoms with Crippen molar-refractivity contribution in [3.8, 4) is 11.5 Å². The third-order valence-electron chi connectivity index (χ3n) is 5.84. The molecule has 0 bridgehead atoms. The molecule has 0 aliphatic carbocycles. The summed E-state index contributed by atoms with van der Waals surface area (Å²) in [5.41, 5.74) is 0.851. The van der Waals surface area contributed by atoms with Crippen molar-refractivity contribution in [3.05, 3.63) is 95.3 Å². The molecule has 1 aliphatic heterocycles. The molecule has 8 heteroatoms. The molecule has 8 nitrogen and oxygen atoms in total. The lowest BCUT2D eigenvalue weighted by atomic mass is 9.94. The second kappa shape index (κ2) is 8.47. The van der Waals surface area contributed by atoms with Gasteiger partial charge < -0.3 is 28.3 Å². The zero-order chi connectivity index (χ0) is 23.8. The smallest absolute Gasteiger partial charge is 0.290 e. The normalized spacial score (nSPS) is 15.9.